The first kappa shape index (κ1) is 49.3. The summed E-state index contributed by atoms with van der Waals surface area (Å²) in [5, 5.41) is 37.3. The number of nitrogens with one attached hydrogen (secondary N) is 2. The predicted octanol–water partition coefficient (Wildman–Crippen LogP) is 7.00. The van der Waals surface area contributed by atoms with Crippen molar-refractivity contribution >= 4 is 73.0 Å². The van der Waals surface area contributed by atoms with Crippen molar-refractivity contribution < 1.29 is 52.3 Å². The van der Waals surface area contributed by atoms with E-state index in [4.69, 9.17) is 25.8 Å². The summed E-state index contributed by atoms with van der Waals surface area (Å²) in [4.78, 5) is 54.9. The van der Waals surface area contributed by atoms with Crippen LogP contribution in [0.3, 0.4) is 0 Å². The molecule has 0 bridgehead atoms. The summed E-state index contributed by atoms with van der Waals surface area (Å²) in [6, 6.07) is 23.0. The first-order chi connectivity index (χ1) is 32.1. The summed E-state index contributed by atoms with van der Waals surface area (Å²) in [5.41, 5.74) is 0.374. The second kappa shape index (κ2) is 21.6. The van der Waals surface area contributed by atoms with Gasteiger partial charge in [-0.25, -0.2) is 17.9 Å². The van der Waals surface area contributed by atoms with Crippen LogP contribution in [0.25, 0.3) is 10.9 Å². The Morgan fingerprint density at radius 3 is 2.30 bits per heavy atom. The van der Waals surface area contributed by atoms with E-state index in [2.05, 4.69) is 9.88 Å². The Hall–Kier alpha value is -5.60. The molecule has 1 atom stereocenters. The molecule has 15 nitrogen and oxygen atoms in total. The van der Waals surface area contributed by atoms with Gasteiger partial charge in [0.2, 0.25) is 11.2 Å². The SMILES string of the molecule is COc1cc(CC(=O)OCCN(C)C2CCC(OC(=O)C(O)(c3cccs3)c3cccs3)CC2)c(Cl)cc1CCC[C@H](O)c1ccc(O)c2[nH]c(=O)ccc12.O=C1NS(=O)(=O)c2ccccc21. The van der Waals surface area contributed by atoms with E-state index in [1.54, 1.807) is 55.6 Å². The average molecular weight is 993 g/mol. The number of aliphatic hydroxyl groups excluding tert-OH is 1. The molecular formula is C48H50ClN3O12S3. The molecule has 1 fully saturated rings. The molecule has 6 aromatic rings. The number of sulfonamides is 1. The first-order valence-corrected chi connectivity index (χ1v) is 25.1. The second-order valence-electron chi connectivity index (χ2n) is 16.3. The van der Waals surface area contributed by atoms with Crippen molar-refractivity contribution in [2.75, 3.05) is 27.3 Å². The van der Waals surface area contributed by atoms with Gasteiger partial charge in [0.15, 0.2) is 0 Å². The summed E-state index contributed by atoms with van der Waals surface area (Å²) >= 11 is 9.26. The number of carbonyl (C=O) groups excluding carboxylic acids is 3. The number of amides is 1. The van der Waals surface area contributed by atoms with Crippen LogP contribution in [-0.2, 0) is 47.5 Å². The van der Waals surface area contributed by atoms with Crippen molar-refractivity contribution in [1.29, 1.82) is 0 Å². The molecule has 19 heteroatoms. The number of nitrogens with zero attached hydrogens (tertiary/aromatic N) is 1. The number of thiophene rings is 2. The van der Waals surface area contributed by atoms with Crippen LogP contribution in [0.5, 0.6) is 11.5 Å². The highest BCUT2D eigenvalue weighted by molar-refractivity contribution is 7.90. The Bertz CT molecular complexity index is 2850. The Morgan fingerprint density at radius 1 is 0.940 bits per heavy atom. The number of rotatable bonds is 16. The molecule has 5 N–H and O–H groups in total. The van der Waals surface area contributed by atoms with Gasteiger partial charge in [0.1, 0.15) is 29.1 Å². The third kappa shape index (κ3) is 11.4. The Morgan fingerprint density at radius 2 is 1.64 bits per heavy atom. The number of aromatic hydroxyl groups is 1. The Balaban J connectivity index is 0.000000478. The molecule has 4 heterocycles. The minimum atomic E-state index is -3.55. The van der Waals surface area contributed by atoms with Gasteiger partial charge in [0.25, 0.3) is 15.9 Å². The van der Waals surface area contributed by atoms with Crippen LogP contribution in [0.15, 0.2) is 105 Å². The fraction of sp³-hybridized carbons (Fsp3) is 0.333. The van der Waals surface area contributed by atoms with Gasteiger partial charge in [0, 0.05) is 29.1 Å². The van der Waals surface area contributed by atoms with Crippen molar-refractivity contribution in [2.45, 2.75) is 80.1 Å². The number of esters is 2. The third-order valence-electron chi connectivity index (χ3n) is 11.9. The van der Waals surface area contributed by atoms with E-state index in [1.807, 2.05) is 34.7 Å². The third-order valence-corrected chi connectivity index (χ3v) is 15.6. The Kier molecular flexibility index (Phi) is 15.9. The van der Waals surface area contributed by atoms with Gasteiger partial charge in [-0.3, -0.25) is 14.4 Å². The highest BCUT2D eigenvalue weighted by atomic mass is 35.5. The molecule has 1 aliphatic carbocycles. The van der Waals surface area contributed by atoms with Crippen LogP contribution in [0, 0.1) is 0 Å². The lowest BCUT2D eigenvalue weighted by Gasteiger charge is -2.35. The van der Waals surface area contributed by atoms with Gasteiger partial charge < -0.3 is 39.4 Å². The van der Waals surface area contributed by atoms with E-state index in [9.17, 15) is 42.9 Å². The van der Waals surface area contributed by atoms with Crippen molar-refractivity contribution in [3.8, 4) is 11.5 Å². The normalized spacial score (nSPS) is 17.0. The van der Waals surface area contributed by atoms with Gasteiger partial charge in [-0.2, -0.15) is 0 Å². The zero-order chi connectivity index (χ0) is 47.9. The van der Waals surface area contributed by atoms with Crippen LogP contribution >= 0.6 is 34.3 Å². The molecule has 354 valence electrons. The maximum absolute atomic E-state index is 13.4. The predicted molar refractivity (Wildman–Crippen MR) is 254 cm³/mol. The number of phenolic OH excluding ortho intramolecular Hbond substituents is 1. The van der Waals surface area contributed by atoms with Crippen molar-refractivity contribution in [3.63, 3.8) is 0 Å². The standard InChI is InChI=1S/C41H45ClN2O9S2.C7H5NO3S/c1-44(27-10-12-28(13-11-27)53-40(49)41(50,35-8-4-20-54-35)36-9-5-21-55-36)18-19-52-38(48)24-26-23-34(51-2)25(22-31(26)42)6-3-7-32(45)29-14-16-33(46)39-30(29)15-17-37(47)43-39;9-7-5-3-1-2-4-6(5)12(10,11)8-7/h4-5,8-9,14-17,20-23,27-28,32,45-46,50H,3,6-7,10-13,18-19,24H2,1-2H3,(H,43,47);1-4H,(H,8,9)/t27?,28?,32-;/m0./s1. The smallest absolute Gasteiger partial charge is 0.349 e. The number of pyridine rings is 1. The van der Waals surface area contributed by atoms with Gasteiger partial charge in [-0.15, -0.1) is 22.7 Å². The number of benzene rings is 3. The molecule has 1 aliphatic heterocycles. The number of fused-ring (bicyclic) bond motifs is 2. The fourth-order valence-corrected chi connectivity index (χ4v) is 11.4. The van der Waals surface area contributed by atoms with E-state index in [-0.39, 0.29) is 52.5 Å². The zero-order valence-corrected chi connectivity index (χ0v) is 39.8. The van der Waals surface area contributed by atoms with E-state index in [0.717, 1.165) is 18.4 Å². The van der Waals surface area contributed by atoms with Crippen LogP contribution in [-0.4, -0.2) is 90.9 Å². The number of halogens is 1. The van der Waals surface area contributed by atoms with E-state index < -0.39 is 39.6 Å². The summed E-state index contributed by atoms with van der Waals surface area (Å²) < 4.78 is 41.3. The number of methoxy groups -OCH3 is 1. The van der Waals surface area contributed by atoms with Gasteiger partial charge in [-0.05, 0) is 128 Å². The maximum Gasteiger partial charge on any atom is 0.349 e. The Labute approximate surface area is 400 Å². The zero-order valence-electron chi connectivity index (χ0n) is 36.6. The molecule has 67 heavy (non-hydrogen) atoms. The summed E-state index contributed by atoms with van der Waals surface area (Å²) in [6.45, 7) is 0.748. The number of hydrogen-bond donors (Lipinski definition) is 5. The topological polar surface area (TPSA) is 222 Å². The molecule has 0 unspecified atom stereocenters. The molecule has 1 saturated carbocycles. The summed E-state index contributed by atoms with van der Waals surface area (Å²) in [7, 11) is -0.0107. The molecule has 3 aromatic carbocycles. The fourth-order valence-electron chi connectivity index (χ4n) is 8.29. The average Bonchev–Trinajstić information content (AvgIpc) is 4.11. The van der Waals surface area contributed by atoms with Crippen molar-refractivity contribution in [2.24, 2.45) is 0 Å². The van der Waals surface area contributed by atoms with E-state index in [0.29, 0.717) is 75.7 Å². The van der Waals surface area contributed by atoms with Crippen LogP contribution < -0.4 is 15.0 Å². The van der Waals surface area contributed by atoms with E-state index >= 15 is 0 Å². The number of ether oxygens (including phenoxy) is 3. The van der Waals surface area contributed by atoms with Gasteiger partial charge >= 0.3 is 11.9 Å². The number of carbonyl (C=O) groups is 3. The number of aromatic amines is 1. The number of phenols is 1. The van der Waals surface area contributed by atoms with Crippen molar-refractivity contribution in [3.05, 3.63) is 143 Å². The number of aromatic nitrogens is 1. The maximum atomic E-state index is 13.4. The molecule has 8 rings (SSSR count). The number of hydrogen-bond acceptors (Lipinski definition) is 15. The van der Waals surface area contributed by atoms with Crippen LogP contribution in [0.2, 0.25) is 5.02 Å². The van der Waals surface area contributed by atoms with Crippen LogP contribution in [0.1, 0.15) is 81.4 Å². The number of aliphatic hydroxyl groups is 2. The lowest BCUT2D eigenvalue weighted by atomic mass is 9.91. The molecule has 0 spiro atoms. The number of H-pyrrole nitrogens is 1. The minimum Gasteiger partial charge on any atom is -0.506 e. The summed E-state index contributed by atoms with van der Waals surface area (Å²) in [6.07, 6.45) is 3.36. The largest absolute Gasteiger partial charge is 0.506 e. The lowest BCUT2D eigenvalue weighted by molar-refractivity contribution is -0.169. The summed E-state index contributed by atoms with van der Waals surface area (Å²) in [5.74, 6) is -1.09. The van der Waals surface area contributed by atoms with Gasteiger partial charge in [-0.1, -0.05) is 41.9 Å². The van der Waals surface area contributed by atoms with Crippen molar-refractivity contribution in [1.82, 2.24) is 14.6 Å². The lowest BCUT2D eigenvalue weighted by Crippen LogP contribution is -2.42. The molecule has 2 aliphatic rings. The first-order valence-electron chi connectivity index (χ1n) is 21.5. The highest BCUT2D eigenvalue weighted by Crippen LogP contribution is 2.38. The van der Waals surface area contributed by atoms with Crippen LogP contribution in [0.4, 0.5) is 0 Å². The van der Waals surface area contributed by atoms with Gasteiger partial charge in [0.05, 0.1) is 40.5 Å². The quantitative estimate of drug-likeness (QED) is 0.0618. The molecule has 3 aromatic heterocycles. The molecule has 0 radical (unpaired) electrons. The number of likely N-dealkylation sites (N-methyl/N-ethyl adjacent to an activating group) is 1. The molecular weight excluding hydrogens is 942 g/mol. The number of aryl methyl sites for hydroxylation is 1. The second-order valence-corrected chi connectivity index (χ2v) is 20.2. The monoisotopic (exact) mass is 991 g/mol. The highest BCUT2D eigenvalue weighted by Gasteiger charge is 2.45. The van der Waals surface area contributed by atoms with E-state index in [1.165, 1.54) is 46.9 Å². The minimum absolute atomic E-state index is 0.0201. The molecule has 1 amide bonds. The molecule has 0 saturated heterocycles.